The van der Waals surface area contributed by atoms with E-state index in [1.807, 2.05) is 6.08 Å². The number of amides is 1. The van der Waals surface area contributed by atoms with E-state index in [4.69, 9.17) is 0 Å². The van der Waals surface area contributed by atoms with Gasteiger partial charge >= 0.3 is 5.97 Å². The van der Waals surface area contributed by atoms with Crippen LogP contribution in [0.25, 0.3) is 0 Å². The average Bonchev–Trinajstić information content (AvgIpc) is 2.86. The monoisotopic (exact) mass is 263 g/mol. The van der Waals surface area contributed by atoms with Gasteiger partial charge in [0, 0.05) is 12.1 Å². The van der Waals surface area contributed by atoms with Crippen molar-refractivity contribution in [2.45, 2.75) is 25.8 Å². The van der Waals surface area contributed by atoms with Gasteiger partial charge < -0.3 is 10.1 Å². The molecule has 6 nitrogen and oxygen atoms in total. The molecule has 1 aliphatic rings. The van der Waals surface area contributed by atoms with Gasteiger partial charge in [-0.25, -0.2) is 0 Å². The predicted molar refractivity (Wildman–Crippen MR) is 69.4 cm³/mol. The normalized spacial score (nSPS) is 18.1. The fraction of sp³-hybridized carbons (Fsp3) is 0.462. The number of ether oxygens (including phenoxy) is 1. The summed E-state index contributed by atoms with van der Waals surface area (Å²) in [5.74, 6) is -0.352. The van der Waals surface area contributed by atoms with Crippen LogP contribution >= 0.6 is 0 Å². The first-order chi connectivity index (χ1) is 9.19. The number of carbonyl (C=O) groups excluding carboxylic acids is 2. The van der Waals surface area contributed by atoms with Gasteiger partial charge in [0.15, 0.2) is 0 Å². The van der Waals surface area contributed by atoms with Crippen molar-refractivity contribution in [1.29, 1.82) is 0 Å². The maximum absolute atomic E-state index is 12.0. The first kappa shape index (κ1) is 13.3. The van der Waals surface area contributed by atoms with Crippen molar-refractivity contribution in [3.63, 3.8) is 0 Å². The number of nitrogens with zero attached hydrogens (tertiary/aromatic N) is 2. The SMILES string of the molecule is COC(=O)Cn1cc(NC(=O)C2CC=CCC2)cn1. The molecule has 1 amide bonds. The first-order valence-corrected chi connectivity index (χ1v) is 6.24. The van der Waals surface area contributed by atoms with Gasteiger partial charge in [-0.2, -0.15) is 5.10 Å². The summed E-state index contributed by atoms with van der Waals surface area (Å²) in [5.41, 5.74) is 0.600. The summed E-state index contributed by atoms with van der Waals surface area (Å²) in [6.45, 7) is 0.0402. The number of allylic oxidation sites excluding steroid dienone is 2. The highest BCUT2D eigenvalue weighted by atomic mass is 16.5. The predicted octanol–water partition coefficient (Wildman–Crippen LogP) is 1.35. The summed E-state index contributed by atoms with van der Waals surface area (Å²) >= 11 is 0. The van der Waals surface area contributed by atoms with Crippen LogP contribution in [0.4, 0.5) is 5.69 Å². The molecular formula is C13H17N3O3. The number of hydrogen-bond acceptors (Lipinski definition) is 4. The molecule has 0 saturated heterocycles. The molecule has 0 radical (unpaired) electrons. The van der Waals surface area contributed by atoms with Crippen molar-refractivity contribution in [1.82, 2.24) is 9.78 Å². The van der Waals surface area contributed by atoms with Gasteiger partial charge in [-0.05, 0) is 19.3 Å². The quantitative estimate of drug-likeness (QED) is 0.657. The standard InChI is InChI=1S/C13H17N3O3/c1-19-12(17)9-16-8-11(7-14-16)15-13(18)10-5-3-2-4-6-10/h2-3,7-8,10H,4-6,9H2,1H3,(H,15,18). The van der Waals surface area contributed by atoms with E-state index in [1.165, 1.54) is 18.0 Å². The first-order valence-electron chi connectivity index (χ1n) is 6.24. The third-order valence-electron chi connectivity index (χ3n) is 3.06. The zero-order chi connectivity index (χ0) is 13.7. The van der Waals surface area contributed by atoms with Crippen LogP contribution < -0.4 is 5.32 Å². The van der Waals surface area contributed by atoms with E-state index in [0.29, 0.717) is 5.69 Å². The van der Waals surface area contributed by atoms with Gasteiger partial charge in [-0.15, -0.1) is 0 Å². The molecule has 1 aromatic heterocycles. The molecule has 1 N–H and O–H groups in total. The van der Waals surface area contributed by atoms with Crippen molar-refractivity contribution < 1.29 is 14.3 Å². The Morgan fingerprint density at radius 1 is 1.53 bits per heavy atom. The number of anilines is 1. The lowest BCUT2D eigenvalue weighted by atomic mass is 9.94. The highest BCUT2D eigenvalue weighted by Gasteiger charge is 2.19. The van der Waals surface area contributed by atoms with Gasteiger partial charge in [0.1, 0.15) is 6.54 Å². The Morgan fingerprint density at radius 2 is 2.37 bits per heavy atom. The van der Waals surface area contributed by atoms with Gasteiger partial charge in [0.25, 0.3) is 0 Å². The van der Waals surface area contributed by atoms with Gasteiger partial charge in [-0.3, -0.25) is 14.3 Å². The number of aromatic nitrogens is 2. The van der Waals surface area contributed by atoms with Crippen LogP contribution in [0.2, 0.25) is 0 Å². The molecule has 0 saturated carbocycles. The van der Waals surface area contributed by atoms with Crippen LogP contribution in [0.5, 0.6) is 0 Å². The van der Waals surface area contributed by atoms with E-state index >= 15 is 0 Å². The minimum Gasteiger partial charge on any atom is -0.468 e. The maximum atomic E-state index is 12.0. The van der Waals surface area contributed by atoms with E-state index in [1.54, 1.807) is 6.20 Å². The van der Waals surface area contributed by atoms with Crippen molar-refractivity contribution in [2.24, 2.45) is 5.92 Å². The van der Waals surface area contributed by atoms with E-state index in [0.717, 1.165) is 19.3 Å². The Kier molecular flexibility index (Phi) is 4.33. The van der Waals surface area contributed by atoms with Crippen molar-refractivity contribution >= 4 is 17.6 Å². The average molecular weight is 263 g/mol. The smallest absolute Gasteiger partial charge is 0.327 e. The maximum Gasteiger partial charge on any atom is 0.327 e. The van der Waals surface area contributed by atoms with Gasteiger partial charge in [0.05, 0.1) is 19.0 Å². The van der Waals surface area contributed by atoms with Crippen molar-refractivity contribution in [2.75, 3.05) is 12.4 Å². The fourth-order valence-electron chi connectivity index (χ4n) is 1.99. The lowest BCUT2D eigenvalue weighted by Gasteiger charge is -2.16. The largest absolute Gasteiger partial charge is 0.468 e. The number of esters is 1. The second-order valence-corrected chi connectivity index (χ2v) is 4.47. The molecule has 19 heavy (non-hydrogen) atoms. The Balaban J connectivity index is 1.90. The molecule has 0 aromatic carbocycles. The lowest BCUT2D eigenvalue weighted by Crippen LogP contribution is -2.23. The summed E-state index contributed by atoms with van der Waals surface area (Å²) in [4.78, 5) is 23.1. The molecule has 0 bridgehead atoms. The van der Waals surface area contributed by atoms with E-state index in [9.17, 15) is 9.59 Å². The lowest BCUT2D eigenvalue weighted by molar-refractivity contribution is -0.141. The minimum absolute atomic E-state index is 0.00182. The summed E-state index contributed by atoms with van der Waals surface area (Å²) in [7, 11) is 1.32. The number of hydrogen-bond donors (Lipinski definition) is 1. The highest BCUT2D eigenvalue weighted by molar-refractivity contribution is 5.92. The zero-order valence-corrected chi connectivity index (χ0v) is 10.8. The Labute approximate surface area is 111 Å². The van der Waals surface area contributed by atoms with Crippen LogP contribution in [-0.2, 0) is 20.9 Å². The van der Waals surface area contributed by atoms with Crippen LogP contribution in [0.3, 0.4) is 0 Å². The zero-order valence-electron chi connectivity index (χ0n) is 10.8. The van der Waals surface area contributed by atoms with Crippen LogP contribution in [0, 0.1) is 5.92 Å². The second-order valence-electron chi connectivity index (χ2n) is 4.47. The number of nitrogens with one attached hydrogen (secondary N) is 1. The summed E-state index contributed by atoms with van der Waals surface area (Å²) < 4.78 is 5.98. The van der Waals surface area contributed by atoms with E-state index in [2.05, 4.69) is 21.2 Å². The summed E-state index contributed by atoms with van der Waals surface area (Å²) in [6.07, 6.45) is 9.88. The van der Waals surface area contributed by atoms with Crippen LogP contribution in [-0.4, -0.2) is 28.8 Å². The molecule has 1 unspecified atom stereocenters. The molecule has 6 heteroatoms. The number of carbonyl (C=O) groups is 2. The third kappa shape index (κ3) is 3.67. The molecule has 1 heterocycles. The van der Waals surface area contributed by atoms with Gasteiger partial charge in [0.2, 0.25) is 5.91 Å². The molecule has 1 aromatic rings. The Bertz CT molecular complexity index is 493. The molecule has 1 aliphatic carbocycles. The second kappa shape index (κ2) is 6.17. The number of rotatable bonds is 4. The van der Waals surface area contributed by atoms with E-state index in [-0.39, 0.29) is 24.3 Å². The number of methoxy groups -OCH3 is 1. The Morgan fingerprint density at radius 3 is 3.05 bits per heavy atom. The van der Waals surface area contributed by atoms with E-state index < -0.39 is 0 Å². The molecule has 0 spiro atoms. The Hall–Kier alpha value is -2.11. The molecule has 1 atom stereocenters. The molecular weight excluding hydrogens is 246 g/mol. The minimum atomic E-state index is -0.376. The van der Waals surface area contributed by atoms with Crippen LogP contribution in [0.15, 0.2) is 24.5 Å². The topological polar surface area (TPSA) is 73.2 Å². The summed E-state index contributed by atoms with van der Waals surface area (Å²) in [5, 5.41) is 6.80. The molecule has 102 valence electrons. The molecule has 2 rings (SSSR count). The van der Waals surface area contributed by atoms with Crippen molar-refractivity contribution in [3.8, 4) is 0 Å². The fourth-order valence-corrected chi connectivity index (χ4v) is 1.99. The molecule has 0 fully saturated rings. The summed E-state index contributed by atoms with van der Waals surface area (Å²) in [6, 6.07) is 0. The molecule has 0 aliphatic heterocycles. The third-order valence-corrected chi connectivity index (χ3v) is 3.06. The van der Waals surface area contributed by atoms with Crippen LogP contribution in [0.1, 0.15) is 19.3 Å². The van der Waals surface area contributed by atoms with Gasteiger partial charge in [-0.1, -0.05) is 12.2 Å². The van der Waals surface area contributed by atoms with Crippen molar-refractivity contribution in [3.05, 3.63) is 24.5 Å². The highest BCUT2D eigenvalue weighted by Crippen LogP contribution is 2.20.